The van der Waals surface area contributed by atoms with Crippen LogP contribution in [0.4, 0.5) is 28.4 Å². The van der Waals surface area contributed by atoms with Crippen molar-refractivity contribution in [3.63, 3.8) is 0 Å². The number of thiophene rings is 1. The van der Waals surface area contributed by atoms with E-state index in [1.165, 1.54) is 11.3 Å². The van der Waals surface area contributed by atoms with Gasteiger partial charge in [0, 0.05) is 62.0 Å². The highest BCUT2D eigenvalue weighted by molar-refractivity contribution is 7.12. The number of hydrogen-bond acceptors (Lipinski definition) is 10. The van der Waals surface area contributed by atoms with Crippen LogP contribution in [0, 0.1) is 0 Å². The highest BCUT2D eigenvalue weighted by Crippen LogP contribution is 2.41. The monoisotopic (exact) mass is 621 g/mol. The molecule has 0 unspecified atom stereocenters. The van der Waals surface area contributed by atoms with E-state index >= 15 is 0 Å². The summed E-state index contributed by atoms with van der Waals surface area (Å²) < 4.78 is 11.7. The Balaban J connectivity index is 0.960. The lowest BCUT2D eigenvalue weighted by atomic mass is 10.0. The maximum absolute atomic E-state index is 13.4. The molecule has 3 aromatic carbocycles. The number of pyridine rings is 1. The number of nitrogens with one attached hydrogen (secondary N) is 2. The number of piperidine rings is 1. The molecule has 0 radical (unpaired) electrons. The summed E-state index contributed by atoms with van der Waals surface area (Å²) in [6, 6.07) is 17.6. The Labute approximate surface area is 262 Å². The minimum absolute atomic E-state index is 0.190. The second-order valence-corrected chi connectivity index (χ2v) is 12.6. The maximum atomic E-state index is 13.4. The second-order valence-electron chi connectivity index (χ2n) is 11.7. The fourth-order valence-corrected chi connectivity index (χ4v) is 7.56. The van der Waals surface area contributed by atoms with Gasteiger partial charge in [-0.25, -0.2) is 0 Å². The van der Waals surface area contributed by atoms with Crippen molar-refractivity contribution in [1.82, 2.24) is 4.98 Å². The first-order chi connectivity index (χ1) is 22.0. The molecule has 0 saturated carbocycles. The SMILES string of the molecule is O=C(Nc1ccc2c(c1)CCN2c1c(N2CCC3(CC2)OCCO3)c(=O)c1=O)c1sccc1NCc1ccnc2ccccc12. The molecule has 0 aliphatic carbocycles. The number of anilines is 5. The van der Waals surface area contributed by atoms with Crippen molar-refractivity contribution in [2.45, 2.75) is 31.6 Å². The van der Waals surface area contributed by atoms with Crippen LogP contribution in [0.2, 0.25) is 0 Å². The number of ether oxygens (including phenoxy) is 2. The zero-order chi connectivity index (χ0) is 30.5. The predicted molar refractivity (Wildman–Crippen MR) is 176 cm³/mol. The van der Waals surface area contributed by atoms with Gasteiger partial charge in [-0.05, 0) is 59.3 Å². The number of aromatic nitrogens is 1. The third-order valence-electron chi connectivity index (χ3n) is 9.10. The zero-order valence-corrected chi connectivity index (χ0v) is 25.3. The number of carbonyl (C=O) groups is 1. The third-order valence-corrected chi connectivity index (χ3v) is 10.0. The normalized spacial score (nSPS) is 17.3. The molecular formula is C34H31N5O5S. The average Bonchev–Trinajstić information content (AvgIpc) is 3.83. The number of amides is 1. The van der Waals surface area contributed by atoms with E-state index in [4.69, 9.17) is 9.47 Å². The van der Waals surface area contributed by atoms with Crippen molar-refractivity contribution in [2.24, 2.45) is 0 Å². The van der Waals surface area contributed by atoms with Crippen molar-refractivity contribution in [3.8, 4) is 0 Å². The summed E-state index contributed by atoms with van der Waals surface area (Å²) in [7, 11) is 0. The van der Waals surface area contributed by atoms with Gasteiger partial charge in [-0.3, -0.25) is 19.4 Å². The molecule has 5 heterocycles. The highest BCUT2D eigenvalue weighted by atomic mass is 32.1. The van der Waals surface area contributed by atoms with Crippen LogP contribution in [0.3, 0.4) is 0 Å². The zero-order valence-electron chi connectivity index (χ0n) is 24.5. The topological polar surface area (TPSA) is 113 Å². The standard InChI is InChI=1S/C34H31N5O5S/c40-30-28(38-14-10-34(11-15-38)43-16-17-44-34)29(31(30)41)39-13-8-21-19-23(5-6-27(21)39)37-33(42)32-26(9-18-45-32)36-20-22-7-12-35-25-4-2-1-3-24(22)25/h1-7,9,12,18-19,36H,8,10-11,13-17,20H2,(H,37,42). The third kappa shape index (κ3) is 4.87. The van der Waals surface area contributed by atoms with Crippen molar-refractivity contribution < 1.29 is 14.3 Å². The number of nitrogens with zero attached hydrogens (tertiary/aromatic N) is 3. The number of rotatable bonds is 7. The Morgan fingerprint density at radius 2 is 1.76 bits per heavy atom. The lowest BCUT2D eigenvalue weighted by Crippen LogP contribution is -2.51. The summed E-state index contributed by atoms with van der Waals surface area (Å²) in [6.45, 7) is 3.54. The van der Waals surface area contributed by atoms with Crippen LogP contribution in [-0.4, -0.2) is 49.5 Å². The molecule has 11 heteroatoms. The molecule has 45 heavy (non-hydrogen) atoms. The molecule has 0 atom stereocenters. The molecule has 5 aromatic rings. The molecule has 2 saturated heterocycles. The molecular weight excluding hydrogens is 590 g/mol. The largest absolute Gasteiger partial charge is 0.380 e. The van der Waals surface area contributed by atoms with Crippen molar-refractivity contribution in [1.29, 1.82) is 0 Å². The van der Waals surface area contributed by atoms with Gasteiger partial charge in [0.15, 0.2) is 5.79 Å². The van der Waals surface area contributed by atoms with Crippen LogP contribution >= 0.6 is 11.3 Å². The maximum Gasteiger partial charge on any atom is 0.267 e. The molecule has 3 aliphatic rings. The Kier molecular flexibility index (Phi) is 6.89. The van der Waals surface area contributed by atoms with Gasteiger partial charge in [0.05, 0.1) is 24.4 Å². The fraction of sp³-hybridized carbons (Fsp3) is 0.294. The van der Waals surface area contributed by atoms with E-state index in [1.807, 2.05) is 63.7 Å². The smallest absolute Gasteiger partial charge is 0.267 e. The summed E-state index contributed by atoms with van der Waals surface area (Å²) in [5, 5.41) is 9.46. The Morgan fingerprint density at radius 1 is 0.956 bits per heavy atom. The Bertz CT molecular complexity index is 1990. The van der Waals surface area contributed by atoms with E-state index in [0.717, 1.165) is 33.4 Å². The van der Waals surface area contributed by atoms with Gasteiger partial charge in [0.2, 0.25) is 0 Å². The number of para-hydroxylation sites is 1. The minimum Gasteiger partial charge on any atom is -0.380 e. The molecule has 1 spiro atoms. The first kappa shape index (κ1) is 27.9. The molecule has 1 amide bonds. The molecule has 2 N–H and O–H groups in total. The van der Waals surface area contributed by atoms with Crippen LogP contribution in [0.5, 0.6) is 0 Å². The highest BCUT2D eigenvalue weighted by Gasteiger charge is 2.42. The number of benzene rings is 2. The van der Waals surface area contributed by atoms with Crippen LogP contribution in [0.15, 0.2) is 75.8 Å². The van der Waals surface area contributed by atoms with E-state index in [2.05, 4.69) is 21.7 Å². The first-order valence-corrected chi connectivity index (χ1v) is 16.1. The van der Waals surface area contributed by atoms with E-state index < -0.39 is 16.6 Å². The van der Waals surface area contributed by atoms with Crippen LogP contribution in [0.1, 0.15) is 33.6 Å². The lowest BCUT2D eigenvalue weighted by Gasteiger charge is -2.40. The second kappa shape index (κ2) is 11.1. The average molecular weight is 622 g/mol. The fourth-order valence-electron chi connectivity index (χ4n) is 6.79. The summed E-state index contributed by atoms with van der Waals surface area (Å²) >= 11 is 1.39. The molecule has 0 bridgehead atoms. The van der Waals surface area contributed by atoms with Gasteiger partial charge in [-0.2, -0.15) is 0 Å². The molecule has 2 fully saturated rings. The van der Waals surface area contributed by atoms with E-state index in [0.29, 0.717) is 80.6 Å². The molecule has 3 aliphatic heterocycles. The Morgan fingerprint density at radius 3 is 2.60 bits per heavy atom. The van der Waals surface area contributed by atoms with Gasteiger partial charge in [0.25, 0.3) is 16.8 Å². The van der Waals surface area contributed by atoms with Gasteiger partial charge < -0.3 is 29.9 Å². The van der Waals surface area contributed by atoms with Gasteiger partial charge in [0.1, 0.15) is 16.3 Å². The van der Waals surface area contributed by atoms with Gasteiger partial charge in [-0.1, -0.05) is 18.2 Å². The Hall–Kier alpha value is -4.58. The molecule has 228 valence electrons. The van der Waals surface area contributed by atoms with E-state index in [-0.39, 0.29) is 5.91 Å². The van der Waals surface area contributed by atoms with Crippen molar-refractivity contribution in [3.05, 3.63) is 103 Å². The van der Waals surface area contributed by atoms with E-state index in [9.17, 15) is 14.4 Å². The number of fused-ring (bicyclic) bond motifs is 2. The first-order valence-electron chi connectivity index (χ1n) is 15.2. The van der Waals surface area contributed by atoms with Crippen LogP contribution < -0.4 is 31.3 Å². The van der Waals surface area contributed by atoms with Gasteiger partial charge >= 0.3 is 0 Å². The number of carbonyl (C=O) groups excluding carboxylic acids is 1. The molecule has 10 nitrogen and oxygen atoms in total. The quantitative estimate of drug-likeness (QED) is 0.248. The number of hydrogen-bond donors (Lipinski definition) is 2. The summed E-state index contributed by atoms with van der Waals surface area (Å²) in [6.07, 6.45) is 3.82. The lowest BCUT2D eigenvalue weighted by molar-refractivity contribution is -0.169. The minimum atomic E-state index is -0.552. The summed E-state index contributed by atoms with van der Waals surface area (Å²) in [5.74, 6) is -0.742. The molecule has 2 aromatic heterocycles. The summed E-state index contributed by atoms with van der Waals surface area (Å²) in [4.78, 5) is 48.0. The van der Waals surface area contributed by atoms with Crippen molar-refractivity contribution >= 4 is 56.6 Å². The predicted octanol–water partition coefficient (Wildman–Crippen LogP) is 4.79. The van der Waals surface area contributed by atoms with Gasteiger partial charge in [-0.15, -0.1) is 11.3 Å². The van der Waals surface area contributed by atoms with Crippen LogP contribution in [0.25, 0.3) is 10.9 Å². The van der Waals surface area contributed by atoms with Crippen LogP contribution in [-0.2, 0) is 22.4 Å². The summed E-state index contributed by atoms with van der Waals surface area (Å²) in [5.41, 5.74) is 5.50. The van der Waals surface area contributed by atoms with Crippen molar-refractivity contribution in [2.75, 3.05) is 53.3 Å². The van der Waals surface area contributed by atoms with E-state index in [1.54, 1.807) is 6.20 Å². The molecule has 8 rings (SSSR count).